The van der Waals surface area contributed by atoms with Crippen LogP contribution >= 0.6 is 0 Å². The van der Waals surface area contributed by atoms with Gasteiger partial charge in [0.1, 0.15) is 0 Å². The van der Waals surface area contributed by atoms with Crippen LogP contribution in [-0.4, -0.2) is 36.6 Å². The van der Waals surface area contributed by atoms with Gasteiger partial charge in [0, 0.05) is 31.7 Å². The van der Waals surface area contributed by atoms with Crippen LogP contribution in [0, 0.1) is 11.8 Å². The zero-order valence-corrected chi connectivity index (χ0v) is 11.8. The molecule has 0 saturated carbocycles. The summed E-state index contributed by atoms with van der Waals surface area (Å²) in [6.07, 6.45) is 2.60. The van der Waals surface area contributed by atoms with Crippen molar-refractivity contribution in [3.05, 3.63) is 0 Å². The van der Waals surface area contributed by atoms with Gasteiger partial charge in [-0.3, -0.25) is 0 Å². The first-order valence-electron chi connectivity index (χ1n) is 6.90. The van der Waals surface area contributed by atoms with Gasteiger partial charge in [0.2, 0.25) is 0 Å². The Labute approximate surface area is 102 Å². The maximum atomic E-state index is 3.64. The molecule has 16 heavy (non-hydrogen) atoms. The van der Waals surface area contributed by atoms with Crippen molar-refractivity contribution in [2.45, 2.75) is 53.0 Å². The highest BCUT2D eigenvalue weighted by molar-refractivity contribution is 4.78. The molecule has 96 valence electrons. The van der Waals surface area contributed by atoms with Crippen LogP contribution in [0.1, 0.15) is 47.5 Å². The second kappa shape index (κ2) is 6.02. The first-order valence-corrected chi connectivity index (χ1v) is 6.90. The van der Waals surface area contributed by atoms with Crippen LogP contribution in [0.2, 0.25) is 0 Å². The summed E-state index contributed by atoms with van der Waals surface area (Å²) in [5, 5.41) is 3.64. The highest BCUT2D eigenvalue weighted by Gasteiger charge is 2.21. The van der Waals surface area contributed by atoms with Crippen LogP contribution in [0.25, 0.3) is 0 Å². The molecule has 0 amide bonds. The third kappa shape index (κ3) is 4.84. The molecule has 0 bridgehead atoms. The van der Waals surface area contributed by atoms with E-state index in [1.54, 1.807) is 0 Å². The molecule has 1 heterocycles. The van der Waals surface area contributed by atoms with Crippen molar-refractivity contribution >= 4 is 0 Å². The lowest BCUT2D eigenvalue weighted by molar-refractivity contribution is 0.138. The van der Waals surface area contributed by atoms with E-state index in [2.05, 4.69) is 44.8 Å². The molecule has 0 spiro atoms. The molecule has 1 aliphatic heterocycles. The number of likely N-dealkylation sites (tertiary alicyclic amines) is 1. The Hall–Kier alpha value is -0.0800. The molecule has 1 aliphatic rings. The molecule has 0 radical (unpaired) electrons. The van der Waals surface area contributed by atoms with E-state index in [-0.39, 0.29) is 0 Å². The minimum Gasteiger partial charge on any atom is -0.311 e. The summed E-state index contributed by atoms with van der Waals surface area (Å²) in [5.74, 6) is 1.76. The van der Waals surface area contributed by atoms with Crippen molar-refractivity contribution in [3.8, 4) is 0 Å². The van der Waals surface area contributed by atoms with E-state index >= 15 is 0 Å². The van der Waals surface area contributed by atoms with Crippen molar-refractivity contribution in [1.82, 2.24) is 10.2 Å². The molecule has 1 N–H and O–H groups in total. The van der Waals surface area contributed by atoms with E-state index in [9.17, 15) is 0 Å². The smallest absolute Gasteiger partial charge is 0.0123 e. The fraction of sp³-hybridized carbons (Fsp3) is 1.00. The van der Waals surface area contributed by atoms with Crippen molar-refractivity contribution < 1.29 is 0 Å². The molecule has 0 aromatic heterocycles. The maximum Gasteiger partial charge on any atom is 0.0123 e. The Morgan fingerprint density at radius 3 is 2.25 bits per heavy atom. The van der Waals surface area contributed by atoms with Gasteiger partial charge >= 0.3 is 0 Å². The Balaban J connectivity index is 2.22. The van der Waals surface area contributed by atoms with Crippen LogP contribution in [0.4, 0.5) is 0 Å². The van der Waals surface area contributed by atoms with E-state index in [0.717, 1.165) is 18.4 Å². The topological polar surface area (TPSA) is 15.3 Å². The molecule has 2 heteroatoms. The van der Waals surface area contributed by atoms with Gasteiger partial charge < -0.3 is 10.2 Å². The van der Waals surface area contributed by atoms with E-state index in [4.69, 9.17) is 0 Å². The first kappa shape index (κ1) is 14.0. The molecule has 0 aliphatic carbocycles. The standard InChI is InChI=1S/C14H30N2/c1-6-14(4,5)15-7-8-16-10-12(2)9-13(3)11-16/h12-13,15H,6-11H2,1-5H3. The van der Waals surface area contributed by atoms with Gasteiger partial charge in [0.05, 0.1) is 0 Å². The van der Waals surface area contributed by atoms with Gasteiger partial charge in [0.25, 0.3) is 0 Å². The highest BCUT2D eigenvalue weighted by atomic mass is 15.2. The Kier molecular flexibility index (Phi) is 5.26. The van der Waals surface area contributed by atoms with Crippen molar-refractivity contribution in [2.24, 2.45) is 11.8 Å². The summed E-state index contributed by atoms with van der Waals surface area (Å²) in [4.78, 5) is 2.62. The lowest BCUT2D eigenvalue weighted by Gasteiger charge is -2.36. The summed E-state index contributed by atoms with van der Waals surface area (Å²) < 4.78 is 0. The Morgan fingerprint density at radius 2 is 1.75 bits per heavy atom. The summed E-state index contributed by atoms with van der Waals surface area (Å²) in [6, 6.07) is 0. The summed E-state index contributed by atoms with van der Waals surface area (Å²) in [7, 11) is 0. The first-order chi connectivity index (χ1) is 7.43. The second-order valence-corrected chi connectivity index (χ2v) is 6.37. The minimum atomic E-state index is 0.299. The summed E-state index contributed by atoms with van der Waals surface area (Å²) in [5.41, 5.74) is 0.299. The van der Waals surface area contributed by atoms with Gasteiger partial charge in [-0.2, -0.15) is 0 Å². The molecule has 1 fully saturated rings. The van der Waals surface area contributed by atoms with E-state index in [1.165, 1.54) is 32.5 Å². The summed E-state index contributed by atoms with van der Waals surface area (Å²) in [6.45, 7) is 16.5. The Morgan fingerprint density at radius 1 is 1.19 bits per heavy atom. The number of rotatable bonds is 5. The predicted octanol–water partition coefficient (Wildman–Crippen LogP) is 2.74. The molecular formula is C14H30N2. The lowest BCUT2D eigenvalue weighted by atomic mass is 9.92. The molecule has 2 nitrogen and oxygen atoms in total. The second-order valence-electron chi connectivity index (χ2n) is 6.37. The van der Waals surface area contributed by atoms with Gasteiger partial charge in [-0.1, -0.05) is 20.8 Å². The number of piperidine rings is 1. The Bertz CT molecular complexity index is 191. The van der Waals surface area contributed by atoms with Crippen LogP contribution < -0.4 is 5.32 Å². The monoisotopic (exact) mass is 226 g/mol. The van der Waals surface area contributed by atoms with E-state index in [0.29, 0.717) is 5.54 Å². The van der Waals surface area contributed by atoms with Gasteiger partial charge in [-0.15, -0.1) is 0 Å². The van der Waals surface area contributed by atoms with E-state index < -0.39 is 0 Å². The van der Waals surface area contributed by atoms with Gasteiger partial charge in [0.15, 0.2) is 0 Å². The number of hydrogen-bond donors (Lipinski definition) is 1. The van der Waals surface area contributed by atoms with Crippen molar-refractivity contribution in [3.63, 3.8) is 0 Å². The zero-order valence-electron chi connectivity index (χ0n) is 11.8. The van der Waals surface area contributed by atoms with Crippen molar-refractivity contribution in [1.29, 1.82) is 0 Å². The largest absolute Gasteiger partial charge is 0.311 e. The fourth-order valence-corrected chi connectivity index (χ4v) is 2.65. The predicted molar refractivity (Wildman–Crippen MR) is 71.8 cm³/mol. The quantitative estimate of drug-likeness (QED) is 0.775. The van der Waals surface area contributed by atoms with Crippen LogP contribution in [-0.2, 0) is 0 Å². The highest BCUT2D eigenvalue weighted by Crippen LogP contribution is 2.20. The van der Waals surface area contributed by atoms with Crippen LogP contribution in [0.3, 0.4) is 0 Å². The zero-order chi connectivity index (χ0) is 12.2. The fourth-order valence-electron chi connectivity index (χ4n) is 2.65. The average Bonchev–Trinajstić information content (AvgIpc) is 2.16. The average molecular weight is 226 g/mol. The molecule has 1 saturated heterocycles. The van der Waals surface area contributed by atoms with Crippen LogP contribution in [0.15, 0.2) is 0 Å². The number of nitrogens with one attached hydrogen (secondary N) is 1. The number of nitrogens with zero attached hydrogens (tertiary/aromatic N) is 1. The molecular weight excluding hydrogens is 196 g/mol. The third-order valence-electron chi connectivity index (χ3n) is 3.86. The maximum absolute atomic E-state index is 3.64. The van der Waals surface area contributed by atoms with Gasteiger partial charge in [-0.25, -0.2) is 0 Å². The summed E-state index contributed by atoms with van der Waals surface area (Å²) >= 11 is 0. The van der Waals surface area contributed by atoms with Crippen LogP contribution in [0.5, 0.6) is 0 Å². The minimum absolute atomic E-state index is 0.299. The van der Waals surface area contributed by atoms with E-state index in [1.807, 2.05) is 0 Å². The van der Waals surface area contributed by atoms with Gasteiger partial charge in [-0.05, 0) is 38.5 Å². The normalized spacial score (nSPS) is 28.3. The molecule has 2 atom stereocenters. The molecule has 0 aromatic rings. The van der Waals surface area contributed by atoms with Crippen molar-refractivity contribution in [2.75, 3.05) is 26.2 Å². The third-order valence-corrected chi connectivity index (χ3v) is 3.86. The SMILES string of the molecule is CCC(C)(C)NCCN1CC(C)CC(C)C1. The molecule has 2 unspecified atom stereocenters. The lowest BCUT2D eigenvalue weighted by Crippen LogP contribution is -2.46. The number of hydrogen-bond acceptors (Lipinski definition) is 2. The molecule has 1 rings (SSSR count). The molecule has 0 aromatic carbocycles.